The second-order valence-electron chi connectivity index (χ2n) is 6.18. The first-order chi connectivity index (χ1) is 11.8. The van der Waals surface area contributed by atoms with Gasteiger partial charge in [0.15, 0.2) is 0 Å². The minimum atomic E-state index is 0.342. The predicted molar refractivity (Wildman–Crippen MR) is 91.4 cm³/mol. The fourth-order valence-electron chi connectivity index (χ4n) is 3.02. The average Bonchev–Trinajstić information content (AvgIpc) is 3.07. The summed E-state index contributed by atoms with van der Waals surface area (Å²) in [5, 5.41) is 0. The van der Waals surface area contributed by atoms with Crippen LogP contribution in [0.25, 0.3) is 0 Å². The minimum absolute atomic E-state index is 0.342. The Bertz CT molecular complexity index is 594. The summed E-state index contributed by atoms with van der Waals surface area (Å²) in [4.78, 5) is 11.1. The molecule has 1 saturated heterocycles. The van der Waals surface area contributed by atoms with Crippen molar-refractivity contribution in [2.75, 3.05) is 26.8 Å². The van der Waals surface area contributed by atoms with Gasteiger partial charge in [-0.15, -0.1) is 0 Å². The van der Waals surface area contributed by atoms with E-state index in [4.69, 9.17) is 9.47 Å². The van der Waals surface area contributed by atoms with Crippen LogP contribution in [0.3, 0.4) is 0 Å². The van der Waals surface area contributed by atoms with Crippen molar-refractivity contribution in [2.24, 2.45) is 0 Å². The Morgan fingerprint density at radius 3 is 2.88 bits per heavy atom. The lowest BCUT2D eigenvalue weighted by Gasteiger charge is -2.31. The molecule has 6 heteroatoms. The molecule has 24 heavy (non-hydrogen) atoms. The Hall–Kier alpha value is -1.76. The van der Waals surface area contributed by atoms with E-state index in [0.29, 0.717) is 19.3 Å². The summed E-state index contributed by atoms with van der Waals surface area (Å²) in [6.07, 6.45) is 10.0. The Labute approximate surface area is 143 Å². The van der Waals surface area contributed by atoms with Gasteiger partial charge in [-0.25, -0.2) is 4.98 Å². The first-order valence-electron chi connectivity index (χ1n) is 8.57. The topological polar surface area (TPSA) is 52.4 Å². The van der Waals surface area contributed by atoms with E-state index >= 15 is 0 Å². The summed E-state index contributed by atoms with van der Waals surface area (Å²) < 4.78 is 13.4. The lowest BCUT2D eigenvalue weighted by atomic mass is 10.1. The van der Waals surface area contributed by atoms with Crippen molar-refractivity contribution in [3.8, 4) is 0 Å². The molecule has 0 aromatic carbocycles. The highest BCUT2D eigenvalue weighted by Crippen LogP contribution is 2.17. The number of methoxy groups -OCH3 is 1. The molecule has 130 valence electrons. The smallest absolute Gasteiger partial charge is 0.122 e. The zero-order chi connectivity index (χ0) is 16.6. The van der Waals surface area contributed by atoms with E-state index in [-0.39, 0.29) is 0 Å². The number of pyridine rings is 1. The van der Waals surface area contributed by atoms with Crippen molar-refractivity contribution < 1.29 is 9.47 Å². The number of hydrogen-bond acceptors (Lipinski definition) is 5. The molecule has 3 rings (SSSR count). The average molecular weight is 330 g/mol. The molecule has 1 fully saturated rings. The Balaban J connectivity index is 1.41. The number of ether oxygens (including phenoxy) is 2. The lowest BCUT2D eigenvalue weighted by molar-refractivity contribution is -0.00467. The van der Waals surface area contributed by atoms with Gasteiger partial charge >= 0.3 is 0 Å². The molecule has 2 aromatic rings. The van der Waals surface area contributed by atoms with Crippen LogP contribution in [-0.4, -0.2) is 52.3 Å². The number of aromatic nitrogens is 3. The predicted octanol–water partition coefficient (Wildman–Crippen LogP) is 2.11. The summed E-state index contributed by atoms with van der Waals surface area (Å²) >= 11 is 0. The summed E-state index contributed by atoms with van der Waals surface area (Å²) in [5.41, 5.74) is 1.14. The third kappa shape index (κ3) is 4.87. The zero-order valence-corrected chi connectivity index (χ0v) is 14.3. The van der Waals surface area contributed by atoms with Crippen molar-refractivity contribution in [3.05, 3.63) is 48.3 Å². The number of piperidine rings is 1. The van der Waals surface area contributed by atoms with Crippen LogP contribution in [0.15, 0.2) is 36.9 Å². The van der Waals surface area contributed by atoms with Gasteiger partial charge in [-0.2, -0.15) is 0 Å². The molecule has 0 radical (unpaired) electrons. The molecule has 0 N–H and O–H groups in total. The first-order valence-corrected chi connectivity index (χ1v) is 8.57. The van der Waals surface area contributed by atoms with Crippen LogP contribution < -0.4 is 0 Å². The third-order valence-corrected chi connectivity index (χ3v) is 4.45. The van der Waals surface area contributed by atoms with Crippen LogP contribution >= 0.6 is 0 Å². The summed E-state index contributed by atoms with van der Waals surface area (Å²) in [6, 6.07) is 4.01. The SMILES string of the molecule is COCCn1ccnc1CN1CCC(OCc2cccnc2)CC1. The van der Waals surface area contributed by atoms with Crippen LogP contribution in [0, 0.1) is 0 Å². The van der Waals surface area contributed by atoms with Crippen LogP contribution in [0.2, 0.25) is 0 Å². The maximum absolute atomic E-state index is 6.03. The van der Waals surface area contributed by atoms with Crippen molar-refractivity contribution >= 4 is 0 Å². The molecule has 0 aliphatic carbocycles. The van der Waals surface area contributed by atoms with E-state index in [1.165, 1.54) is 0 Å². The van der Waals surface area contributed by atoms with E-state index in [1.807, 2.05) is 24.7 Å². The fourth-order valence-corrected chi connectivity index (χ4v) is 3.02. The molecule has 2 aromatic heterocycles. The maximum atomic E-state index is 6.03. The van der Waals surface area contributed by atoms with Crippen LogP contribution in [0.4, 0.5) is 0 Å². The second kappa shape index (κ2) is 8.92. The highest BCUT2D eigenvalue weighted by atomic mass is 16.5. The molecular weight excluding hydrogens is 304 g/mol. The van der Waals surface area contributed by atoms with E-state index in [2.05, 4.69) is 25.5 Å². The van der Waals surface area contributed by atoms with Crippen molar-refractivity contribution in [1.82, 2.24) is 19.4 Å². The van der Waals surface area contributed by atoms with E-state index in [0.717, 1.165) is 50.4 Å². The standard InChI is InChI=1S/C18H26N4O2/c1-23-12-11-22-10-7-20-18(22)14-21-8-4-17(5-9-21)24-15-16-3-2-6-19-13-16/h2-3,6-7,10,13,17H,4-5,8-9,11-12,14-15H2,1H3. The number of hydrogen-bond donors (Lipinski definition) is 0. The fraction of sp³-hybridized carbons (Fsp3) is 0.556. The van der Waals surface area contributed by atoms with Crippen LogP contribution in [0.1, 0.15) is 24.2 Å². The summed E-state index contributed by atoms with van der Waals surface area (Å²) in [6.45, 7) is 5.22. The van der Waals surface area contributed by atoms with Gasteiger partial charge < -0.3 is 14.0 Å². The van der Waals surface area contributed by atoms with Crippen LogP contribution in [0.5, 0.6) is 0 Å². The van der Waals surface area contributed by atoms with Gasteiger partial charge in [0, 0.05) is 51.5 Å². The summed E-state index contributed by atoms with van der Waals surface area (Å²) in [5.74, 6) is 1.11. The maximum Gasteiger partial charge on any atom is 0.122 e. The third-order valence-electron chi connectivity index (χ3n) is 4.45. The number of imidazole rings is 1. The highest BCUT2D eigenvalue weighted by Gasteiger charge is 2.21. The molecule has 0 bridgehead atoms. The molecule has 0 saturated carbocycles. The molecule has 3 heterocycles. The van der Waals surface area contributed by atoms with E-state index in [1.54, 1.807) is 13.3 Å². The molecule has 1 aliphatic rings. The van der Waals surface area contributed by atoms with Crippen molar-refractivity contribution in [3.63, 3.8) is 0 Å². The van der Waals surface area contributed by atoms with Gasteiger partial charge in [0.1, 0.15) is 5.82 Å². The normalized spacial score (nSPS) is 16.5. The molecule has 6 nitrogen and oxygen atoms in total. The minimum Gasteiger partial charge on any atom is -0.383 e. The summed E-state index contributed by atoms with van der Waals surface area (Å²) in [7, 11) is 1.73. The van der Waals surface area contributed by atoms with Crippen molar-refractivity contribution in [1.29, 1.82) is 0 Å². The molecular formula is C18H26N4O2. The van der Waals surface area contributed by atoms with Gasteiger partial charge in [0.2, 0.25) is 0 Å². The number of rotatable bonds is 8. The zero-order valence-electron chi connectivity index (χ0n) is 14.3. The van der Waals surface area contributed by atoms with Crippen molar-refractivity contribution in [2.45, 2.75) is 38.6 Å². The molecule has 0 amide bonds. The Kier molecular flexibility index (Phi) is 6.34. The number of nitrogens with zero attached hydrogens (tertiary/aromatic N) is 4. The first kappa shape index (κ1) is 17.1. The Morgan fingerprint density at radius 2 is 2.12 bits per heavy atom. The quantitative estimate of drug-likeness (QED) is 0.742. The van der Waals surface area contributed by atoms with E-state index in [9.17, 15) is 0 Å². The molecule has 1 aliphatic heterocycles. The largest absolute Gasteiger partial charge is 0.383 e. The van der Waals surface area contributed by atoms with Gasteiger partial charge in [-0.05, 0) is 24.5 Å². The van der Waals surface area contributed by atoms with Gasteiger partial charge in [0.05, 0.1) is 25.9 Å². The Morgan fingerprint density at radius 1 is 1.25 bits per heavy atom. The highest BCUT2D eigenvalue weighted by molar-refractivity contribution is 5.06. The van der Waals surface area contributed by atoms with Gasteiger partial charge in [0.25, 0.3) is 0 Å². The molecule has 0 unspecified atom stereocenters. The number of likely N-dealkylation sites (tertiary alicyclic amines) is 1. The lowest BCUT2D eigenvalue weighted by Crippen LogP contribution is -2.37. The molecule has 0 atom stereocenters. The van der Waals surface area contributed by atoms with Gasteiger partial charge in [-0.3, -0.25) is 9.88 Å². The van der Waals surface area contributed by atoms with E-state index < -0.39 is 0 Å². The second-order valence-corrected chi connectivity index (χ2v) is 6.18. The monoisotopic (exact) mass is 330 g/mol. The molecule has 0 spiro atoms. The van der Waals surface area contributed by atoms with Crippen LogP contribution in [-0.2, 0) is 29.2 Å². The van der Waals surface area contributed by atoms with Gasteiger partial charge in [-0.1, -0.05) is 6.07 Å².